The molecule has 0 spiro atoms. The first-order valence-electron chi connectivity index (χ1n) is 8.37. The molecule has 0 aliphatic carbocycles. The minimum absolute atomic E-state index is 0.131. The number of halogens is 3. The first-order valence-corrected chi connectivity index (χ1v) is 8.37. The van der Waals surface area contributed by atoms with Gasteiger partial charge in [0.2, 0.25) is 5.91 Å². The SMILES string of the molecule is O=C(Nc1cccc(CNC(=O)C2CC(F)(F)CN2)c1)c1cccc(F)c1. The van der Waals surface area contributed by atoms with Gasteiger partial charge in [-0.05, 0) is 35.9 Å². The fourth-order valence-corrected chi connectivity index (χ4v) is 2.81. The van der Waals surface area contributed by atoms with Crippen LogP contribution in [0.25, 0.3) is 0 Å². The monoisotopic (exact) mass is 377 g/mol. The molecule has 2 aromatic carbocycles. The molecule has 3 N–H and O–H groups in total. The van der Waals surface area contributed by atoms with Crippen molar-refractivity contribution in [2.45, 2.75) is 24.9 Å². The van der Waals surface area contributed by atoms with Gasteiger partial charge in [0.15, 0.2) is 0 Å². The lowest BCUT2D eigenvalue weighted by Gasteiger charge is -2.12. The zero-order valence-corrected chi connectivity index (χ0v) is 14.3. The van der Waals surface area contributed by atoms with E-state index in [4.69, 9.17) is 0 Å². The first kappa shape index (κ1) is 18.9. The second-order valence-electron chi connectivity index (χ2n) is 6.38. The Kier molecular flexibility index (Phi) is 5.46. The molecule has 1 aliphatic rings. The first-order chi connectivity index (χ1) is 12.8. The van der Waals surface area contributed by atoms with E-state index in [9.17, 15) is 22.8 Å². The zero-order valence-electron chi connectivity index (χ0n) is 14.3. The molecule has 2 amide bonds. The van der Waals surface area contributed by atoms with Crippen LogP contribution < -0.4 is 16.0 Å². The molecular formula is C19H18F3N3O2. The molecule has 5 nitrogen and oxygen atoms in total. The normalized spacial score (nSPS) is 18.1. The van der Waals surface area contributed by atoms with Gasteiger partial charge in [0.25, 0.3) is 11.8 Å². The molecule has 1 heterocycles. The van der Waals surface area contributed by atoms with E-state index in [1.807, 2.05) is 0 Å². The van der Waals surface area contributed by atoms with E-state index < -0.39 is 42.6 Å². The van der Waals surface area contributed by atoms with Gasteiger partial charge in [-0.1, -0.05) is 18.2 Å². The van der Waals surface area contributed by atoms with Crippen LogP contribution in [0, 0.1) is 5.82 Å². The summed E-state index contributed by atoms with van der Waals surface area (Å²) >= 11 is 0. The highest BCUT2D eigenvalue weighted by Crippen LogP contribution is 2.25. The maximum Gasteiger partial charge on any atom is 0.262 e. The number of carbonyl (C=O) groups excluding carboxylic acids is 2. The predicted octanol–water partition coefficient (Wildman–Crippen LogP) is 2.69. The summed E-state index contributed by atoms with van der Waals surface area (Å²) in [5.41, 5.74) is 1.34. The van der Waals surface area contributed by atoms with Crippen LogP contribution in [0.15, 0.2) is 48.5 Å². The second kappa shape index (κ2) is 7.79. The Morgan fingerprint density at radius 2 is 1.93 bits per heavy atom. The van der Waals surface area contributed by atoms with Gasteiger partial charge in [-0.2, -0.15) is 0 Å². The summed E-state index contributed by atoms with van der Waals surface area (Å²) in [6.07, 6.45) is -0.525. The number of hydrogen-bond donors (Lipinski definition) is 3. The molecule has 0 radical (unpaired) electrons. The molecule has 27 heavy (non-hydrogen) atoms. The standard InChI is InChI=1S/C19H18F3N3O2/c20-14-5-2-4-13(8-14)17(26)25-15-6-1-3-12(7-15)10-23-18(27)16-9-19(21,22)11-24-16/h1-8,16,24H,9-11H2,(H,23,27)(H,25,26). The van der Waals surface area contributed by atoms with Crippen molar-refractivity contribution in [3.05, 3.63) is 65.5 Å². The van der Waals surface area contributed by atoms with Gasteiger partial charge >= 0.3 is 0 Å². The van der Waals surface area contributed by atoms with E-state index in [1.54, 1.807) is 24.3 Å². The molecule has 1 aliphatic heterocycles. The maximum atomic E-state index is 13.2. The lowest BCUT2D eigenvalue weighted by molar-refractivity contribution is -0.123. The van der Waals surface area contributed by atoms with Gasteiger partial charge in [-0.15, -0.1) is 0 Å². The van der Waals surface area contributed by atoms with E-state index in [1.165, 1.54) is 18.2 Å². The number of rotatable bonds is 5. The van der Waals surface area contributed by atoms with Crippen molar-refractivity contribution in [2.75, 3.05) is 11.9 Å². The fourth-order valence-electron chi connectivity index (χ4n) is 2.81. The van der Waals surface area contributed by atoms with E-state index in [2.05, 4.69) is 16.0 Å². The average molecular weight is 377 g/mol. The van der Waals surface area contributed by atoms with Crippen LogP contribution in [0.5, 0.6) is 0 Å². The molecular weight excluding hydrogens is 359 g/mol. The molecule has 0 saturated carbocycles. The molecule has 1 unspecified atom stereocenters. The van der Waals surface area contributed by atoms with Crippen LogP contribution in [0.4, 0.5) is 18.9 Å². The van der Waals surface area contributed by atoms with Crippen LogP contribution >= 0.6 is 0 Å². The number of hydrogen-bond acceptors (Lipinski definition) is 3. The molecule has 8 heteroatoms. The molecule has 142 valence electrons. The Morgan fingerprint density at radius 1 is 1.15 bits per heavy atom. The number of benzene rings is 2. The van der Waals surface area contributed by atoms with Crippen LogP contribution in [0.3, 0.4) is 0 Å². The number of anilines is 1. The van der Waals surface area contributed by atoms with Crippen molar-refractivity contribution < 1.29 is 22.8 Å². The van der Waals surface area contributed by atoms with Crippen molar-refractivity contribution in [1.29, 1.82) is 0 Å². The Balaban J connectivity index is 1.57. The highest BCUT2D eigenvalue weighted by atomic mass is 19.3. The summed E-state index contributed by atoms with van der Waals surface area (Å²) in [5.74, 6) is -4.34. The third-order valence-corrected chi connectivity index (χ3v) is 4.16. The minimum Gasteiger partial charge on any atom is -0.351 e. The van der Waals surface area contributed by atoms with Crippen LogP contribution in [0.2, 0.25) is 0 Å². The van der Waals surface area contributed by atoms with Crippen molar-refractivity contribution >= 4 is 17.5 Å². The summed E-state index contributed by atoms with van der Waals surface area (Å²) < 4.78 is 39.5. The third kappa shape index (κ3) is 5.07. The minimum atomic E-state index is -2.87. The van der Waals surface area contributed by atoms with Crippen molar-refractivity contribution in [2.24, 2.45) is 0 Å². The van der Waals surface area contributed by atoms with Crippen LogP contribution in [0.1, 0.15) is 22.3 Å². The van der Waals surface area contributed by atoms with Gasteiger partial charge in [-0.3, -0.25) is 14.9 Å². The number of nitrogens with one attached hydrogen (secondary N) is 3. The highest BCUT2D eigenvalue weighted by Gasteiger charge is 2.42. The molecule has 1 saturated heterocycles. The molecule has 1 fully saturated rings. The summed E-state index contributed by atoms with van der Waals surface area (Å²) in [7, 11) is 0. The Bertz CT molecular complexity index is 858. The van der Waals surface area contributed by atoms with Crippen LogP contribution in [-0.4, -0.2) is 30.3 Å². The van der Waals surface area contributed by atoms with Gasteiger partial charge in [0.05, 0.1) is 12.6 Å². The average Bonchev–Trinajstić information content (AvgIpc) is 3.00. The Morgan fingerprint density at radius 3 is 2.63 bits per heavy atom. The number of alkyl halides is 2. The van der Waals surface area contributed by atoms with Gasteiger partial charge < -0.3 is 10.6 Å². The van der Waals surface area contributed by atoms with Gasteiger partial charge in [-0.25, -0.2) is 13.2 Å². The Labute approximate surface area is 154 Å². The summed E-state index contributed by atoms with van der Waals surface area (Å²) in [4.78, 5) is 24.1. The lowest BCUT2D eigenvalue weighted by Crippen LogP contribution is -2.40. The van der Waals surface area contributed by atoms with E-state index in [0.29, 0.717) is 11.3 Å². The van der Waals surface area contributed by atoms with Gasteiger partial charge in [0, 0.05) is 24.2 Å². The zero-order chi connectivity index (χ0) is 19.4. The van der Waals surface area contributed by atoms with Gasteiger partial charge in [0.1, 0.15) is 5.82 Å². The van der Waals surface area contributed by atoms with E-state index in [-0.39, 0.29) is 12.1 Å². The number of carbonyl (C=O) groups is 2. The maximum absolute atomic E-state index is 13.2. The van der Waals surface area contributed by atoms with Crippen molar-refractivity contribution in [1.82, 2.24) is 10.6 Å². The quantitative estimate of drug-likeness (QED) is 0.750. The predicted molar refractivity (Wildman–Crippen MR) is 94.0 cm³/mol. The smallest absolute Gasteiger partial charge is 0.262 e. The highest BCUT2D eigenvalue weighted by molar-refractivity contribution is 6.04. The molecule has 0 bridgehead atoms. The fraction of sp³-hybridized carbons (Fsp3) is 0.263. The Hall–Kier alpha value is -2.87. The summed E-state index contributed by atoms with van der Waals surface area (Å²) in [6.45, 7) is -0.376. The second-order valence-corrected chi connectivity index (χ2v) is 6.38. The van der Waals surface area contributed by atoms with Crippen LogP contribution in [-0.2, 0) is 11.3 Å². The molecule has 1 atom stereocenters. The summed E-state index contributed by atoms with van der Waals surface area (Å²) in [6, 6.07) is 11.1. The van der Waals surface area contributed by atoms with E-state index in [0.717, 1.165) is 6.07 Å². The third-order valence-electron chi connectivity index (χ3n) is 4.16. The van der Waals surface area contributed by atoms with E-state index >= 15 is 0 Å². The van der Waals surface area contributed by atoms with Crippen molar-refractivity contribution in [3.8, 4) is 0 Å². The molecule has 3 rings (SSSR count). The largest absolute Gasteiger partial charge is 0.351 e. The summed E-state index contributed by atoms with van der Waals surface area (Å²) in [5, 5.41) is 7.74. The lowest BCUT2D eigenvalue weighted by atomic mass is 10.1. The topological polar surface area (TPSA) is 70.2 Å². The number of amides is 2. The molecule has 2 aromatic rings. The molecule has 0 aromatic heterocycles. The van der Waals surface area contributed by atoms with Crippen molar-refractivity contribution in [3.63, 3.8) is 0 Å².